The van der Waals surface area contributed by atoms with E-state index in [-0.39, 0.29) is 0 Å². The third kappa shape index (κ3) is 1.74. The molecule has 5 heteroatoms. The van der Waals surface area contributed by atoms with Gasteiger partial charge in [-0.15, -0.1) is 11.3 Å². The van der Waals surface area contributed by atoms with Gasteiger partial charge >= 0.3 is 0 Å². The minimum atomic E-state index is 0.636. The molecule has 0 fully saturated rings. The highest BCUT2D eigenvalue weighted by molar-refractivity contribution is 7.13. The van der Waals surface area contributed by atoms with Crippen LogP contribution in [0.25, 0.3) is 21.7 Å². The molecule has 84 valence electrons. The van der Waals surface area contributed by atoms with E-state index in [1.54, 1.807) is 19.5 Å². The summed E-state index contributed by atoms with van der Waals surface area (Å²) in [6.07, 6.45) is 3.54. The molecule has 0 radical (unpaired) electrons. The second-order valence-corrected chi connectivity index (χ2v) is 4.32. The lowest BCUT2D eigenvalue weighted by Crippen LogP contribution is -1.92. The molecule has 0 unspecified atom stereocenters. The van der Waals surface area contributed by atoms with Gasteiger partial charge in [0.25, 0.3) is 0 Å². The highest BCUT2D eigenvalue weighted by atomic mass is 32.1. The van der Waals surface area contributed by atoms with E-state index in [0.717, 1.165) is 21.7 Å². The Labute approximate surface area is 102 Å². The van der Waals surface area contributed by atoms with Gasteiger partial charge in [-0.1, -0.05) is 12.1 Å². The molecule has 0 N–H and O–H groups in total. The largest absolute Gasteiger partial charge is 0.494 e. The van der Waals surface area contributed by atoms with Gasteiger partial charge in [0, 0.05) is 23.2 Å². The van der Waals surface area contributed by atoms with Crippen molar-refractivity contribution in [2.75, 3.05) is 7.11 Å². The molecule has 2 heterocycles. The summed E-state index contributed by atoms with van der Waals surface area (Å²) < 4.78 is 5.29. The summed E-state index contributed by atoms with van der Waals surface area (Å²) in [6, 6.07) is 5.78. The van der Waals surface area contributed by atoms with E-state index in [1.165, 1.54) is 11.3 Å². The van der Waals surface area contributed by atoms with Crippen molar-refractivity contribution in [1.82, 2.24) is 15.0 Å². The van der Waals surface area contributed by atoms with Gasteiger partial charge in [0.15, 0.2) is 10.8 Å². The van der Waals surface area contributed by atoms with Crippen LogP contribution in [0.4, 0.5) is 0 Å². The van der Waals surface area contributed by atoms with Crippen molar-refractivity contribution in [2.24, 2.45) is 0 Å². The molecule has 0 aliphatic carbocycles. The van der Waals surface area contributed by atoms with Crippen LogP contribution in [-0.4, -0.2) is 22.1 Å². The first-order valence-corrected chi connectivity index (χ1v) is 5.96. The summed E-state index contributed by atoms with van der Waals surface area (Å²) in [4.78, 5) is 13.0. The van der Waals surface area contributed by atoms with Gasteiger partial charge in [-0.3, -0.25) is 0 Å². The van der Waals surface area contributed by atoms with Crippen LogP contribution in [0, 0.1) is 0 Å². The molecule has 3 aromatic rings. The number of nitrogens with zero attached hydrogens (tertiary/aromatic N) is 3. The maximum Gasteiger partial charge on any atom is 0.189 e. The molecule has 0 saturated carbocycles. The van der Waals surface area contributed by atoms with Crippen molar-refractivity contribution in [1.29, 1.82) is 0 Å². The maximum atomic E-state index is 5.29. The Morgan fingerprint density at radius 2 is 2.18 bits per heavy atom. The zero-order valence-electron chi connectivity index (χ0n) is 9.12. The van der Waals surface area contributed by atoms with E-state index in [0.29, 0.717) is 5.82 Å². The van der Waals surface area contributed by atoms with Gasteiger partial charge < -0.3 is 4.74 Å². The summed E-state index contributed by atoms with van der Waals surface area (Å²) in [5, 5.41) is 3.69. The van der Waals surface area contributed by atoms with E-state index in [4.69, 9.17) is 4.74 Å². The van der Waals surface area contributed by atoms with Crippen LogP contribution in [0.1, 0.15) is 0 Å². The second-order valence-electron chi connectivity index (χ2n) is 3.43. The fourth-order valence-electron chi connectivity index (χ4n) is 1.63. The molecule has 0 bridgehead atoms. The number of thiazole rings is 1. The molecule has 0 atom stereocenters. The molecule has 17 heavy (non-hydrogen) atoms. The summed E-state index contributed by atoms with van der Waals surface area (Å²) >= 11 is 1.52. The third-order valence-corrected chi connectivity index (χ3v) is 3.19. The molecule has 4 nitrogen and oxygen atoms in total. The number of hydrogen-bond acceptors (Lipinski definition) is 5. The molecule has 0 amide bonds. The Kier molecular flexibility index (Phi) is 2.45. The van der Waals surface area contributed by atoms with Crippen LogP contribution in [-0.2, 0) is 0 Å². The van der Waals surface area contributed by atoms with Crippen molar-refractivity contribution in [3.63, 3.8) is 0 Å². The van der Waals surface area contributed by atoms with Crippen molar-refractivity contribution in [3.8, 4) is 16.6 Å². The van der Waals surface area contributed by atoms with Gasteiger partial charge in [-0.05, 0) is 6.07 Å². The fraction of sp³-hybridized carbons (Fsp3) is 0.0833. The van der Waals surface area contributed by atoms with Crippen LogP contribution >= 0.6 is 11.3 Å². The summed E-state index contributed by atoms with van der Waals surface area (Å²) in [5.41, 5.74) is 0.815. The van der Waals surface area contributed by atoms with Crippen LogP contribution in [0.2, 0.25) is 0 Å². The van der Waals surface area contributed by atoms with Gasteiger partial charge in [0.1, 0.15) is 11.3 Å². The van der Waals surface area contributed by atoms with E-state index in [2.05, 4.69) is 15.0 Å². The maximum absolute atomic E-state index is 5.29. The number of rotatable bonds is 2. The molecular formula is C12H9N3OS. The zero-order valence-corrected chi connectivity index (χ0v) is 9.94. The van der Waals surface area contributed by atoms with Crippen LogP contribution in [0.5, 0.6) is 5.75 Å². The molecule has 2 aromatic heterocycles. The first kappa shape index (κ1) is 10.2. The van der Waals surface area contributed by atoms with Crippen LogP contribution < -0.4 is 4.74 Å². The van der Waals surface area contributed by atoms with Gasteiger partial charge in [0.2, 0.25) is 0 Å². The Morgan fingerprint density at radius 1 is 1.24 bits per heavy atom. The molecule has 1 aromatic carbocycles. The first-order chi connectivity index (χ1) is 8.38. The second kappa shape index (κ2) is 4.10. The fourth-order valence-corrected chi connectivity index (χ4v) is 2.21. The van der Waals surface area contributed by atoms with E-state index in [1.807, 2.05) is 23.6 Å². The predicted octanol–water partition coefficient (Wildman–Crippen LogP) is 2.76. The molecule has 0 saturated heterocycles. The average molecular weight is 243 g/mol. The Balaban J connectivity index is 2.24. The zero-order chi connectivity index (χ0) is 11.7. The number of benzene rings is 1. The quantitative estimate of drug-likeness (QED) is 0.694. The summed E-state index contributed by atoms with van der Waals surface area (Å²) in [5.74, 6) is 1.39. The van der Waals surface area contributed by atoms with Gasteiger partial charge in [-0.25, -0.2) is 15.0 Å². The summed E-state index contributed by atoms with van der Waals surface area (Å²) in [6.45, 7) is 0. The molecule has 3 rings (SSSR count). The number of methoxy groups -OCH3 is 1. The monoisotopic (exact) mass is 243 g/mol. The third-order valence-electron chi connectivity index (χ3n) is 2.42. The normalized spacial score (nSPS) is 10.6. The van der Waals surface area contributed by atoms with Crippen molar-refractivity contribution < 1.29 is 4.74 Å². The Hall–Kier alpha value is -2.01. The molecule has 0 spiro atoms. The lowest BCUT2D eigenvalue weighted by atomic mass is 10.2. The molecule has 0 aliphatic rings. The van der Waals surface area contributed by atoms with E-state index >= 15 is 0 Å². The number of ether oxygens (including phenoxy) is 1. The van der Waals surface area contributed by atoms with Gasteiger partial charge in [0.05, 0.1) is 7.11 Å². The summed E-state index contributed by atoms with van der Waals surface area (Å²) in [7, 11) is 1.64. The topological polar surface area (TPSA) is 47.9 Å². The van der Waals surface area contributed by atoms with Crippen molar-refractivity contribution in [2.45, 2.75) is 0 Å². The first-order valence-electron chi connectivity index (χ1n) is 5.08. The van der Waals surface area contributed by atoms with Crippen LogP contribution in [0.3, 0.4) is 0 Å². The predicted molar refractivity (Wildman–Crippen MR) is 67.2 cm³/mol. The van der Waals surface area contributed by atoms with Gasteiger partial charge in [-0.2, -0.15) is 0 Å². The number of hydrogen-bond donors (Lipinski definition) is 0. The Bertz CT molecular complexity index is 652. The highest BCUT2D eigenvalue weighted by Gasteiger charge is 2.08. The highest BCUT2D eigenvalue weighted by Crippen LogP contribution is 2.25. The minimum Gasteiger partial charge on any atom is -0.494 e. The lowest BCUT2D eigenvalue weighted by Gasteiger charge is -2.04. The SMILES string of the molecule is COc1cccc2cnc(-c3nccs3)nc12. The number of fused-ring (bicyclic) bond motifs is 1. The average Bonchev–Trinajstić information content (AvgIpc) is 2.91. The van der Waals surface area contributed by atoms with E-state index < -0.39 is 0 Å². The number of aromatic nitrogens is 3. The number of para-hydroxylation sites is 1. The molecule has 0 aliphatic heterocycles. The smallest absolute Gasteiger partial charge is 0.189 e. The van der Waals surface area contributed by atoms with E-state index in [9.17, 15) is 0 Å². The van der Waals surface area contributed by atoms with Crippen molar-refractivity contribution >= 4 is 22.2 Å². The standard InChI is InChI=1S/C12H9N3OS/c1-16-9-4-2-3-8-7-14-11(15-10(8)9)12-13-5-6-17-12/h2-7H,1H3. The molecular weight excluding hydrogens is 234 g/mol. The minimum absolute atomic E-state index is 0.636. The van der Waals surface area contributed by atoms with Crippen LogP contribution in [0.15, 0.2) is 36.0 Å². The van der Waals surface area contributed by atoms with Crippen molar-refractivity contribution in [3.05, 3.63) is 36.0 Å². The lowest BCUT2D eigenvalue weighted by molar-refractivity contribution is 0.419. The Morgan fingerprint density at radius 3 is 2.94 bits per heavy atom.